The summed E-state index contributed by atoms with van der Waals surface area (Å²) < 4.78 is 13.3. The van der Waals surface area contributed by atoms with Crippen LogP contribution in [-0.2, 0) is 22.4 Å². The maximum atomic E-state index is 13.4. The zero-order chi connectivity index (χ0) is 27.5. The number of ether oxygens (including phenoxy) is 1. The lowest BCUT2D eigenvalue weighted by Gasteiger charge is -2.24. The summed E-state index contributed by atoms with van der Waals surface area (Å²) in [6.45, 7) is 8.16. The minimum Gasteiger partial charge on any atom is -0.460 e. The van der Waals surface area contributed by atoms with Crippen molar-refractivity contribution >= 4 is 22.8 Å². The van der Waals surface area contributed by atoms with Crippen LogP contribution in [0.15, 0.2) is 46.9 Å². The first-order chi connectivity index (χ1) is 18.5. The van der Waals surface area contributed by atoms with Crippen molar-refractivity contribution in [1.29, 1.82) is 0 Å². The van der Waals surface area contributed by atoms with Gasteiger partial charge in [-0.3, -0.25) is 9.59 Å². The Bertz CT molecular complexity index is 1590. The number of aromatic nitrogens is 3. The molecule has 1 aliphatic heterocycles. The maximum absolute atomic E-state index is 13.4. The van der Waals surface area contributed by atoms with Crippen molar-refractivity contribution in [1.82, 2.24) is 19.7 Å². The highest BCUT2D eigenvalue weighted by Gasteiger charge is 2.45. The smallest absolute Gasteiger partial charge is 0.306 e. The van der Waals surface area contributed by atoms with Crippen molar-refractivity contribution in [3.8, 4) is 17.1 Å². The number of esters is 1. The van der Waals surface area contributed by atoms with Crippen LogP contribution in [0.3, 0.4) is 0 Å². The van der Waals surface area contributed by atoms with Gasteiger partial charge in [-0.15, -0.1) is 10.2 Å². The van der Waals surface area contributed by atoms with E-state index in [9.17, 15) is 9.59 Å². The number of aryl methyl sites for hydroxylation is 1. The lowest BCUT2D eigenvalue weighted by atomic mass is 9.93. The fourth-order valence-electron chi connectivity index (χ4n) is 5.68. The fourth-order valence-corrected chi connectivity index (χ4v) is 5.68. The molecular weight excluding hydrogens is 492 g/mol. The third-order valence-electron chi connectivity index (χ3n) is 7.76. The van der Waals surface area contributed by atoms with E-state index < -0.39 is 5.60 Å². The van der Waals surface area contributed by atoms with Crippen LogP contribution in [0.25, 0.3) is 28.0 Å². The summed E-state index contributed by atoms with van der Waals surface area (Å²) in [6, 6.07) is 14.4. The van der Waals surface area contributed by atoms with Crippen LogP contribution in [-0.4, -0.2) is 50.7 Å². The average Bonchev–Trinajstić information content (AvgIpc) is 3.33. The summed E-state index contributed by atoms with van der Waals surface area (Å²) in [5.74, 6) is 0.876. The Labute approximate surface area is 228 Å². The number of amides is 1. The molecule has 2 aromatic heterocycles. The molecule has 8 nitrogen and oxygen atoms in total. The van der Waals surface area contributed by atoms with Gasteiger partial charge >= 0.3 is 5.97 Å². The SMILES string of the molecule is Cc1nnc(-c2ccc3c(c2)c2c(n3-c3ccc(CC4(CC(=O)OC(C)(C)C)CC4)cc3)C(=O)N(C)CC2)o1. The van der Waals surface area contributed by atoms with Crippen molar-refractivity contribution in [2.45, 2.75) is 65.4 Å². The molecule has 0 bridgehead atoms. The molecule has 8 heteroatoms. The number of carbonyl (C=O) groups excluding carboxylic acids is 2. The molecule has 39 heavy (non-hydrogen) atoms. The second-order valence-corrected chi connectivity index (χ2v) is 12.1. The number of rotatable bonds is 6. The zero-order valence-corrected chi connectivity index (χ0v) is 23.2. The summed E-state index contributed by atoms with van der Waals surface area (Å²) >= 11 is 0. The zero-order valence-electron chi connectivity index (χ0n) is 23.2. The first kappa shape index (κ1) is 25.3. The number of hydrogen-bond donors (Lipinski definition) is 0. The third kappa shape index (κ3) is 4.84. The summed E-state index contributed by atoms with van der Waals surface area (Å²) in [6.07, 6.45) is 4.13. The Morgan fingerprint density at radius 3 is 2.49 bits per heavy atom. The number of benzene rings is 2. The van der Waals surface area contributed by atoms with E-state index in [-0.39, 0.29) is 17.3 Å². The molecule has 202 valence electrons. The Morgan fingerprint density at radius 2 is 1.85 bits per heavy atom. The molecule has 1 amide bonds. The largest absolute Gasteiger partial charge is 0.460 e. The summed E-state index contributed by atoms with van der Waals surface area (Å²) in [5, 5.41) is 9.17. The molecule has 0 radical (unpaired) electrons. The van der Waals surface area contributed by atoms with Gasteiger partial charge in [-0.05, 0) is 93.3 Å². The standard InChI is InChI=1S/C31H34N4O4/c1-19-32-33-28(38-19)21-8-11-25-24(16-21)23-12-15-34(5)29(37)27(23)35(25)22-9-6-20(7-10-22)17-31(13-14-31)18-26(36)39-30(2,3)4/h6-11,16H,12-15,17-18H2,1-5H3. The van der Waals surface area contributed by atoms with Crippen molar-refractivity contribution in [2.75, 3.05) is 13.6 Å². The van der Waals surface area contributed by atoms with Gasteiger partial charge < -0.3 is 18.6 Å². The molecule has 0 saturated heterocycles. The van der Waals surface area contributed by atoms with E-state index in [1.807, 2.05) is 40.0 Å². The molecular formula is C31H34N4O4. The van der Waals surface area contributed by atoms with Crippen LogP contribution in [0.5, 0.6) is 0 Å². The van der Waals surface area contributed by atoms with E-state index in [4.69, 9.17) is 9.15 Å². The van der Waals surface area contributed by atoms with Crippen molar-refractivity contribution in [2.24, 2.45) is 5.41 Å². The first-order valence-corrected chi connectivity index (χ1v) is 13.6. The molecule has 2 aliphatic rings. The van der Waals surface area contributed by atoms with Gasteiger partial charge in [0.25, 0.3) is 5.91 Å². The van der Waals surface area contributed by atoms with Crippen LogP contribution >= 0.6 is 0 Å². The van der Waals surface area contributed by atoms with Gasteiger partial charge in [0.1, 0.15) is 11.3 Å². The minimum absolute atomic E-state index is 0.00859. The van der Waals surface area contributed by atoms with Gasteiger partial charge in [0.15, 0.2) is 0 Å². The molecule has 1 aliphatic carbocycles. The molecule has 1 fully saturated rings. The minimum atomic E-state index is -0.468. The monoisotopic (exact) mass is 526 g/mol. The van der Waals surface area contributed by atoms with E-state index in [0.29, 0.717) is 30.4 Å². The van der Waals surface area contributed by atoms with Gasteiger partial charge in [-0.25, -0.2) is 0 Å². The quantitative estimate of drug-likeness (QED) is 0.301. The third-order valence-corrected chi connectivity index (χ3v) is 7.76. The summed E-state index contributed by atoms with van der Waals surface area (Å²) in [7, 11) is 1.85. The number of hydrogen-bond acceptors (Lipinski definition) is 6. The molecule has 0 spiro atoms. The predicted octanol–water partition coefficient (Wildman–Crippen LogP) is 5.67. The molecule has 0 unspecified atom stereocenters. The summed E-state index contributed by atoms with van der Waals surface area (Å²) in [4.78, 5) is 27.7. The van der Waals surface area contributed by atoms with Gasteiger partial charge in [-0.1, -0.05) is 12.1 Å². The fraction of sp³-hybridized carbons (Fsp3) is 0.419. The molecule has 6 rings (SSSR count). The van der Waals surface area contributed by atoms with Gasteiger partial charge in [0, 0.05) is 37.2 Å². The molecule has 0 atom stereocenters. The average molecular weight is 527 g/mol. The van der Waals surface area contributed by atoms with Gasteiger partial charge in [0.05, 0.1) is 11.9 Å². The molecule has 2 aromatic carbocycles. The van der Waals surface area contributed by atoms with Crippen molar-refractivity contribution < 1.29 is 18.7 Å². The van der Waals surface area contributed by atoms with Crippen molar-refractivity contribution in [3.63, 3.8) is 0 Å². The number of nitrogens with zero attached hydrogens (tertiary/aromatic N) is 4. The Kier molecular flexibility index (Phi) is 5.90. The lowest BCUT2D eigenvalue weighted by Crippen LogP contribution is -2.35. The van der Waals surface area contributed by atoms with Crippen LogP contribution in [0.1, 0.15) is 67.5 Å². The molecule has 4 aromatic rings. The first-order valence-electron chi connectivity index (χ1n) is 13.6. The number of fused-ring (bicyclic) bond motifs is 3. The van der Waals surface area contributed by atoms with Gasteiger partial charge in [-0.2, -0.15) is 0 Å². The van der Waals surface area contributed by atoms with Crippen LogP contribution in [0.2, 0.25) is 0 Å². The number of carbonyl (C=O) groups is 2. The van der Waals surface area contributed by atoms with Crippen LogP contribution in [0.4, 0.5) is 0 Å². The Morgan fingerprint density at radius 1 is 1.10 bits per heavy atom. The topological polar surface area (TPSA) is 90.5 Å². The van der Waals surface area contributed by atoms with Gasteiger partial charge in [0.2, 0.25) is 11.8 Å². The number of likely N-dealkylation sites (N-methyl/N-ethyl adjacent to an activating group) is 1. The Hall–Kier alpha value is -3.94. The lowest BCUT2D eigenvalue weighted by molar-refractivity contribution is -0.156. The second kappa shape index (κ2) is 9.07. The predicted molar refractivity (Wildman–Crippen MR) is 148 cm³/mol. The van der Waals surface area contributed by atoms with E-state index in [2.05, 4.69) is 45.1 Å². The van der Waals surface area contributed by atoms with E-state index in [1.165, 1.54) is 5.56 Å². The highest BCUT2D eigenvalue weighted by atomic mass is 16.6. The van der Waals surface area contributed by atoms with Crippen molar-refractivity contribution in [3.05, 3.63) is 65.2 Å². The van der Waals surface area contributed by atoms with Crippen LogP contribution in [0, 0.1) is 12.3 Å². The maximum Gasteiger partial charge on any atom is 0.306 e. The molecule has 3 heterocycles. The highest BCUT2D eigenvalue weighted by molar-refractivity contribution is 6.04. The van der Waals surface area contributed by atoms with E-state index in [1.54, 1.807) is 11.8 Å². The molecule has 0 N–H and O–H groups in total. The second-order valence-electron chi connectivity index (χ2n) is 12.1. The Balaban J connectivity index is 1.33. The van der Waals surface area contributed by atoms with Crippen LogP contribution < -0.4 is 0 Å². The normalized spacial score (nSPS) is 16.4. The molecule has 1 saturated carbocycles. The van der Waals surface area contributed by atoms with E-state index in [0.717, 1.165) is 53.4 Å². The van der Waals surface area contributed by atoms with E-state index >= 15 is 0 Å². The highest BCUT2D eigenvalue weighted by Crippen LogP contribution is 2.51. The summed E-state index contributed by atoms with van der Waals surface area (Å²) in [5.41, 5.74) is 5.20.